The molecule has 29 heavy (non-hydrogen) atoms. The summed E-state index contributed by atoms with van der Waals surface area (Å²) in [7, 11) is 0. The van der Waals surface area contributed by atoms with Crippen molar-refractivity contribution in [2.45, 2.75) is 63.9 Å². The van der Waals surface area contributed by atoms with Crippen LogP contribution >= 0.6 is 0 Å². The van der Waals surface area contributed by atoms with Crippen molar-refractivity contribution < 1.29 is 14.7 Å². The predicted octanol–water partition coefficient (Wildman–Crippen LogP) is 4.73. The molecule has 7 aliphatic rings. The van der Waals surface area contributed by atoms with Gasteiger partial charge < -0.3 is 9.94 Å². The molecule has 0 aromatic rings. The topological polar surface area (TPSA) is 58.9 Å². The molecule has 4 nitrogen and oxygen atoms in total. The predicted molar refractivity (Wildman–Crippen MR) is 108 cm³/mol. The Morgan fingerprint density at radius 1 is 1.17 bits per heavy atom. The molecule has 4 heteroatoms. The van der Waals surface area contributed by atoms with Gasteiger partial charge in [-0.3, -0.25) is 0 Å². The van der Waals surface area contributed by atoms with Crippen molar-refractivity contribution in [2.75, 3.05) is 0 Å². The highest BCUT2D eigenvalue weighted by molar-refractivity contribution is 5.96. The second-order valence-electron chi connectivity index (χ2n) is 11.4. The molecular formula is C25H31NO3. The van der Waals surface area contributed by atoms with Gasteiger partial charge in [0.05, 0.1) is 5.71 Å². The minimum atomic E-state index is -0.308. The third kappa shape index (κ3) is 2.02. The minimum absolute atomic E-state index is 0.115. The van der Waals surface area contributed by atoms with E-state index < -0.39 is 0 Å². The third-order valence-electron chi connectivity index (χ3n) is 10.5. The molecular weight excluding hydrogens is 362 g/mol. The number of hydrogen-bond donors (Lipinski definition) is 1. The molecule has 7 rings (SSSR count). The number of nitrogens with zero attached hydrogens (tertiary/aromatic N) is 1. The van der Waals surface area contributed by atoms with Gasteiger partial charge in [-0.2, -0.15) is 0 Å². The molecule has 0 bridgehead atoms. The van der Waals surface area contributed by atoms with Crippen LogP contribution in [0.1, 0.15) is 58.3 Å². The second kappa shape index (κ2) is 5.36. The van der Waals surface area contributed by atoms with Crippen LogP contribution < -0.4 is 0 Å². The van der Waals surface area contributed by atoms with E-state index in [-0.39, 0.29) is 17.0 Å². The molecule has 0 amide bonds. The smallest absolute Gasteiger partial charge is 0.331 e. The monoisotopic (exact) mass is 393 g/mol. The Morgan fingerprint density at radius 2 is 2.03 bits per heavy atom. The minimum Gasteiger partial charge on any atom is -0.451 e. The Bertz CT molecular complexity index is 884. The van der Waals surface area contributed by atoms with E-state index in [4.69, 9.17) is 4.74 Å². The van der Waals surface area contributed by atoms with E-state index in [9.17, 15) is 10.0 Å². The van der Waals surface area contributed by atoms with Crippen LogP contribution in [0.15, 0.2) is 29.0 Å². The molecule has 1 heterocycles. The lowest BCUT2D eigenvalue weighted by molar-refractivity contribution is -0.170. The van der Waals surface area contributed by atoms with Gasteiger partial charge in [0.1, 0.15) is 5.60 Å². The summed E-state index contributed by atoms with van der Waals surface area (Å²) in [5.74, 6) is 5.83. The Labute approximate surface area is 172 Å². The normalized spacial score (nSPS) is 55.8. The summed E-state index contributed by atoms with van der Waals surface area (Å²) in [5.41, 5.74) is 2.27. The zero-order chi connectivity index (χ0) is 19.5. The first-order valence-electron chi connectivity index (χ1n) is 11.9. The molecule has 5 fully saturated rings. The quantitative estimate of drug-likeness (QED) is 0.398. The maximum Gasteiger partial charge on any atom is 0.331 e. The van der Waals surface area contributed by atoms with E-state index in [0.717, 1.165) is 48.1 Å². The van der Waals surface area contributed by atoms with Crippen molar-refractivity contribution in [1.29, 1.82) is 0 Å². The second-order valence-corrected chi connectivity index (χ2v) is 11.4. The first kappa shape index (κ1) is 17.1. The van der Waals surface area contributed by atoms with Gasteiger partial charge in [-0.15, -0.1) is 0 Å². The third-order valence-corrected chi connectivity index (χ3v) is 10.5. The van der Waals surface area contributed by atoms with Gasteiger partial charge in [0.2, 0.25) is 0 Å². The first-order chi connectivity index (χ1) is 14.1. The van der Waals surface area contributed by atoms with Crippen LogP contribution in [0.2, 0.25) is 0 Å². The number of carbonyl (C=O) groups is 1. The lowest BCUT2D eigenvalue weighted by atomic mass is 9.46. The lowest BCUT2D eigenvalue weighted by Gasteiger charge is -2.59. The largest absolute Gasteiger partial charge is 0.451 e. The highest BCUT2D eigenvalue weighted by Crippen LogP contribution is 2.78. The molecule has 0 saturated heterocycles. The summed E-state index contributed by atoms with van der Waals surface area (Å²) in [5, 5.41) is 12.9. The fraction of sp³-hybridized carbons (Fsp3) is 0.760. The average Bonchev–Trinajstić information content (AvgIpc) is 3.64. The molecule has 6 aliphatic carbocycles. The molecule has 0 aromatic carbocycles. The zero-order valence-electron chi connectivity index (χ0n) is 17.2. The Kier molecular flexibility index (Phi) is 3.17. The van der Waals surface area contributed by atoms with Crippen LogP contribution in [0, 0.1) is 52.8 Å². The number of carbonyl (C=O) groups excluding carboxylic acids is 1. The Balaban J connectivity index is 1.31. The summed E-state index contributed by atoms with van der Waals surface area (Å²) in [6.45, 7) is 2.47. The van der Waals surface area contributed by atoms with Crippen LogP contribution in [-0.4, -0.2) is 22.5 Å². The molecule has 1 aliphatic heterocycles. The fourth-order valence-electron chi connectivity index (χ4n) is 9.32. The molecule has 1 spiro atoms. The Hall–Kier alpha value is -1.58. The van der Waals surface area contributed by atoms with Gasteiger partial charge in [-0.05, 0) is 105 Å². The maximum atomic E-state index is 12.1. The standard InChI is InChI=1S/C25H31NO3/c1-24-8-6-17-16-5-4-15(26-28)10-14(16)11-18(13-2-3-13)22(17)23(24)19-12-20(19)25(24)9-7-21(27)29-25/h7,9-10,13,16-20,22-23,28H,2-6,8,11-12H2,1H3/b26-15+/t16-,17?,18-,19+,20-,22?,23?,24-,25-/m0/s1. The van der Waals surface area contributed by atoms with Crippen LogP contribution in [-0.2, 0) is 9.53 Å². The van der Waals surface area contributed by atoms with E-state index in [1.54, 1.807) is 11.6 Å². The SMILES string of the molecule is C[C@]12CCC3C(C1[C@@H]1C[C@@H]1[C@@]21C=CC(=O)O1)[C@H](C1CC1)CC1=C/C(=N/O)CC[C@@H]13. The lowest BCUT2D eigenvalue weighted by Crippen LogP contribution is -2.56. The highest BCUT2D eigenvalue weighted by atomic mass is 16.6. The molecule has 9 atom stereocenters. The van der Waals surface area contributed by atoms with Gasteiger partial charge in [0.25, 0.3) is 0 Å². The summed E-state index contributed by atoms with van der Waals surface area (Å²) in [4.78, 5) is 12.1. The molecule has 1 N–H and O–H groups in total. The van der Waals surface area contributed by atoms with Crippen LogP contribution in [0.25, 0.3) is 0 Å². The molecule has 0 radical (unpaired) electrons. The van der Waals surface area contributed by atoms with Gasteiger partial charge in [0.15, 0.2) is 0 Å². The Morgan fingerprint density at radius 3 is 2.76 bits per heavy atom. The number of fused-ring (bicyclic) bond motifs is 9. The van der Waals surface area contributed by atoms with Gasteiger partial charge in [-0.1, -0.05) is 17.7 Å². The number of oxime groups is 1. The van der Waals surface area contributed by atoms with E-state index in [0.29, 0.717) is 17.8 Å². The van der Waals surface area contributed by atoms with Crippen LogP contribution in [0.5, 0.6) is 0 Å². The molecule has 154 valence electrons. The van der Waals surface area contributed by atoms with Crippen LogP contribution in [0.3, 0.4) is 0 Å². The summed E-state index contributed by atoms with van der Waals surface area (Å²) in [6, 6.07) is 0. The van der Waals surface area contributed by atoms with Crippen molar-refractivity contribution in [3.63, 3.8) is 0 Å². The zero-order valence-corrected chi connectivity index (χ0v) is 17.2. The summed E-state index contributed by atoms with van der Waals surface area (Å²) >= 11 is 0. The first-order valence-corrected chi connectivity index (χ1v) is 11.9. The van der Waals surface area contributed by atoms with Crippen LogP contribution in [0.4, 0.5) is 0 Å². The van der Waals surface area contributed by atoms with Crippen molar-refractivity contribution in [3.8, 4) is 0 Å². The number of rotatable bonds is 1. The van der Waals surface area contributed by atoms with Crippen molar-refractivity contribution in [2.24, 2.45) is 57.9 Å². The van der Waals surface area contributed by atoms with E-state index in [2.05, 4.69) is 24.2 Å². The number of allylic oxidation sites excluding steroid dienone is 2. The molecule has 0 aromatic heterocycles. The number of esters is 1. The van der Waals surface area contributed by atoms with E-state index >= 15 is 0 Å². The van der Waals surface area contributed by atoms with Crippen molar-refractivity contribution >= 4 is 11.7 Å². The van der Waals surface area contributed by atoms with Gasteiger partial charge in [0, 0.05) is 17.4 Å². The average molecular weight is 394 g/mol. The van der Waals surface area contributed by atoms with Gasteiger partial charge in [-0.25, -0.2) is 4.79 Å². The number of hydrogen-bond acceptors (Lipinski definition) is 4. The summed E-state index contributed by atoms with van der Waals surface area (Å²) in [6.07, 6.45) is 15.9. The maximum absolute atomic E-state index is 12.1. The molecule has 3 unspecified atom stereocenters. The van der Waals surface area contributed by atoms with Crippen molar-refractivity contribution in [3.05, 3.63) is 23.8 Å². The summed E-state index contributed by atoms with van der Waals surface area (Å²) < 4.78 is 6.16. The number of ether oxygens (including phenoxy) is 1. The van der Waals surface area contributed by atoms with Crippen molar-refractivity contribution in [1.82, 2.24) is 0 Å². The van der Waals surface area contributed by atoms with E-state index in [1.807, 2.05) is 0 Å². The highest BCUT2D eigenvalue weighted by Gasteiger charge is 2.78. The fourth-order valence-corrected chi connectivity index (χ4v) is 9.32. The van der Waals surface area contributed by atoms with Gasteiger partial charge >= 0.3 is 5.97 Å². The molecule has 5 saturated carbocycles. The van der Waals surface area contributed by atoms with E-state index in [1.165, 1.54) is 38.5 Å².